The van der Waals surface area contributed by atoms with Crippen LogP contribution >= 0.6 is 27.7 Å². The van der Waals surface area contributed by atoms with E-state index in [4.69, 9.17) is 0 Å². The molecule has 1 aromatic carbocycles. The van der Waals surface area contributed by atoms with Crippen LogP contribution in [0.2, 0.25) is 0 Å². The quantitative estimate of drug-likeness (QED) is 0.506. The molecule has 2 aromatic rings. The molecule has 0 unspecified atom stereocenters. The third-order valence-corrected chi connectivity index (χ3v) is 3.61. The number of halogens is 1. The lowest BCUT2D eigenvalue weighted by atomic mass is 10.2. The molecule has 98 valence electrons. The molecule has 2 N–H and O–H groups in total. The fourth-order valence-electron chi connectivity index (χ4n) is 1.34. The number of rotatable bonds is 4. The van der Waals surface area contributed by atoms with Crippen LogP contribution in [0, 0.1) is 0 Å². The maximum Gasteiger partial charge on any atom is 0.255 e. The summed E-state index contributed by atoms with van der Waals surface area (Å²) in [5.74, 6) is -0.306. The highest BCUT2D eigenvalue weighted by atomic mass is 79.9. The Morgan fingerprint density at radius 3 is 2.68 bits per heavy atom. The number of thioether (sulfide) groups is 1. The van der Waals surface area contributed by atoms with Crippen molar-refractivity contribution in [3.63, 3.8) is 0 Å². The number of Topliss-reactive ketones (excluding diaryl/α,β-unsaturated/α-hetero) is 1. The Balaban J connectivity index is 2.04. The molecule has 0 fully saturated rings. The Kier molecular flexibility index (Phi) is 4.39. The van der Waals surface area contributed by atoms with Gasteiger partial charge in [-0.3, -0.25) is 9.59 Å². The van der Waals surface area contributed by atoms with Crippen molar-refractivity contribution in [2.45, 2.75) is 5.16 Å². The van der Waals surface area contributed by atoms with Gasteiger partial charge in [0.2, 0.25) is 5.88 Å². The van der Waals surface area contributed by atoms with Crippen molar-refractivity contribution >= 4 is 33.5 Å². The van der Waals surface area contributed by atoms with Crippen molar-refractivity contribution in [1.29, 1.82) is 0 Å². The monoisotopic (exact) mass is 340 g/mol. The molecule has 0 aliphatic heterocycles. The van der Waals surface area contributed by atoms with Gasteiger partial charge in [0.25, 0.3) is 5.56 Å². The number of nitrogens with zero attached hydrogens (tertiary/aromatic N) is 1. The number of carbonyl (C=O) groups excluding carboxylic acids is 1. The molecule has 7 heteroatoms. The van der Waals surface area contributed by atoms with Gasteiger partial charge >= 0.3 is 0 Å². The van der Waals surface area contributed by atoms with Gasteiger partial charge in [0.05, 0.1) is 11.8 Å². The standard InChI is InChI=1S/C12H9BrN2O3S/c13-8-3-1-7(2-4-8)9(16)6-19-12-14-10(17)5-11(18)15-12/h1-5H,6H2,(H2,14,15,17,18). The highest BCUT2D eigenvalue weighted by Crippen LogP contribution is 2.17. The van der Waals surface area contributed by atoms with Gasteiger partial charge in [0.1, 0.15) is 0 Å². The van der Waals surface area contributed by atoms with Crippen molar-refractivity contribution in [2.24, 2.45) is 0 Å². The normalized spacial score (nSPS) is 10.4. The molecule has 0 atom stereocenters. The van der Waals surface area contributed by atoms with Crippen LogP contribution in [0.4, 0.5) is 0 Å². The Labute approximate surface area is 121 Å². The lowest BCUT2D eigenvalue weighted by Gasteiger charge is -2.01. The molecule has 0 spiro atoms. The van der Waals surface area contributed by atoms with E-state index in [1.54, 1.807) is 24.3 Å². The van der Waals surface area contributed by atoms with Crippen LogP contribution in [0.1, 0.15) is 10.4 Å². The van der Waals surface area contributed by atoms with E-state index in [1.807, 2.05) is 0 Å². The molecule has 1 aromatic heterocycles. The van der Waals surface area contributed by atoms with E-state index in [9.17, 15) is 14.7 Å². The zero-order valence-corrected chi connectivity index (χ0v) is 12.0. The van der Waals surface area contributed by atoms with Gasteiger partial charge < -0.3 is 10.1 Å². The molecule has 0 aliphatic carbocycles. The molecule has 0 saturated carbocycles. The van der Waals surface area contributed by atoms with E-state index >= 15 is 0 Å². The molecule has 0 radical (unpaired) electrons. The third-order valence-electron chi connectivity index (χ3n) is 2.21. The predicted octanol–water partition coefficient (Wildman–Crippen LogP) is 2.21. The molecular weight excluding hydrogens is 332 g/mol. The molecule has 0 saturated heterocycles. The number of nitrogens with one attached hydrogen (secondary N) is 1. The summed E-state index contributed by atoms with van der Waals surface area (Å²) in [6.45, 7) is 0. The molecule has 0 amide bonds. The average Bonchev–Trinajstić information content (AvgIpc) is 2.36. The van der Waals surface area contributed by atoms with Crippen LogP contribution in [-0.4, -0.2) is 26.6 Å². The second-order valence-corrected chi connectivity index (χ2v) is 5.51. The van der Waals surface area contributed by atoms with Crippen molar-refractivity contribution in [3.8, 4) is 5.88 Å². The Morgan fingerprint density at radius 2 is 2.05 bits per heavy atom. The predicted molar refractivity (Wildman–Crippen MR) is 75.7 cm³/mol. The van der Waals surface area contributed by atoms with Crippen molar-refractivity contribution in [2.75, 3.05) is 5.75 Å². The summed E-state index contributed by atoms with van der Waals surface area (Å²) in [5, 5.41) is 9.39. The lowest BCUT2D eigenvalue weighted by Crippen LogP contribution is -2.08. The highest BCUT2D eigenvalue weighted by molar-refractivity contribution is 9.10. The minimum absolute atomic E-state index is 0.0801. The molecule has 2 rings (SSSR count). The zero-order chi connectivity index (χ0) is 13.8. The fraction of sp³-hybridized carbons (Fsp3) is 0.0833. The Hall–Kier alpha value is -1.60. The van der Waals surface area contributed by atoms with Gasteiger partial charge in [-0.15, -0.1) is 0 Å². The summed E-state index contributed by atoms with van der Waals surface area (Å²) in [5.41, 5.74) is 0.129. The van der Waals surface area contributed by atoms with Crippen LogP contribution in [-0.2, 0) is 0 Å². The first-order valence-electron chi connectivity index (χ1n) is 5.26. The number of hydrogen-bond donors (Lipinski definition) is 2. The summed E-state index contributed by atoms with van der Waals surface area (Å²) in [6, 6.07) is 7.97. The number of aromatic amines is 1. The summed E-state index contributed by atoms with van der Waals surface area (Å²) in [6.07, 6.45) is 0. The molecule has 0 bridgehead atoms. The van der Waals surface area contributed by atoms with E-state index in [-0.39, 0.29) is 22.6 Å². The minimum atomic E-state index is -0.453. The Morgan fingerprint density at radius 1 is 1.37 bits per heavy atom. The van der Waals surface area contributed by atoms with E-state index in [2.05, 4.69) is 25.9 Å². The van der Waals surface area contributed by atoms with E-state index < -0.39 is 5.56 Å². The van der Waals surface area contributed by atoms with Crippen LogP contribution in [0.3, 0.4) is 0 Å². The molecular formula is C12H9BrN2O3S. The van der Waals surface area contributed by atoms with Crippen molar-refractivity contribution in [3.05, 3.63) is 50.7 Å². The van der Waals surface area contributed by atoms with Gasteiger partial charge in [0, 0.05) is 10.0 Å². The zero-order valence-electron chi connectivity index (χ0n) is 9.59. The number of aromatic nitrogens is 2. The fourth-order valence-corrected chi connectivity index (χ4v) is 2.37. The number of aromatic hydroxyl groups is 1. The number of H-pyrrole nitrogens is 1. The van der Waals surface area contributed by atoms with E-state index in [0.29, 0.717) is 5.56 Å². The number of ketones is 1. The lowest BCUT2D eigenvalue weighted by molar-refractivity contribution is 0.102. The smallest absolute Gasteiger partial charge is 0.255 e. The van der Waals surface area contributed by atoms with Crippen molar-refractivity contribution < 1.29 is 9.90 Å². The maximum absolute atomic E-state index is 11.9. The second kappa shape index (κ2) is 6.03. The second-order valence-electron chi connectivity index (χ2n) is 3.63. The Bertz CT molecular complexity index is 655. The number of carbonyl (C=O) groups is 1. The van der Waals surface area contributed by atoms with E-state index in [0.717, 1.165) is 22.3 Å². The first-order valence-corrected chi connectivity index (χ1v) is 7.04. The summed E-state index contributed by atoms with van der Waals surface area (Å²) in [7, 11) is 0. The topological polar surface area (TPSA) is 83.0 Å². The maximum atomic E-state index is 11.9. The van der Waals surface area contributed by atoms with Crippen LogP contribution in [0.5, 0.6) is 5.88 Å². The number of hydrogen-bond acceptors (Lipinski definition) is 5. The third kappa shape index (κ3) is 3.93. The van der Waals surface area contributed by atoms with Gasteiger partial charge in [-0.25, -0.2) is 0 Å². The first kappa shape index (κ1) is 13.8. The average molecular weight is 341 g/mol. The van der Waals surface area contributed by atoms with Crippen LogP contribution in [0.15, 0.2) is 44.8 Å². The minimum Gasteiger partial charge on any atom is -0.493 e. The van der Waals surface area contributed by atoms with E-state index in [1.165, 1.54) is 0 Å². The summed E-state index contributed by atoms with van der Waals surface area (Å²) < 4.78 is 0.899. The van der Waals surface area contributed by atoms with Crippen LogP contribution in [0.25, 0.3) is 0 Å². The molecule has 19 heavy (non-hydrogen) atoms. The largest absolute Gasteiger partial charge is 0.493 e. The van der Waals surface area contributed by atoms with Crippen molar-refractivity contribution in [1.82, 2.24) is 9.97 Å². The van der Waals surface area contributed by atoms with Gasteiger partial charge in [-0.1, -0.05) is 39.8 Å². The highest BCUT2D eigenvalue weighted by Gasteiger charge is 2.08. The summed E-state index contributed by atoms with van der Waals surface area (Å²) in [4.78, 5) is 29.1. The molecule has 0 aliphatic rings. The summed E-state index contributed by atoms with van der Waals surface area (Å²) >= 11 is 4.36. The van der Waals surface area contributed by atoms with Crippen LogP contribution < -0.4 is 5.56 Å². The first-order chi connectivity index (χ1) is 9.04. The number of benzene rings is 1. The van der Waals surface area contributed by atoms with Gasteiger partial charge in [-0.05, 0) is 12.1 Å². The SMILES string of the molecule is O=C(CSc1nc(O)cc(=O)[nH]1)c1ccc(Br)cc1. The van der Waals surface area contributed by atoms with Gasteiger partial charge in [-0.2, -0.15) is 4.98 Å². The van der Waals surface area contributed by atoms with Gasteiger partial charge in [0.15, 0.2) is 10.9 Å². The molecule has 5 nitrogen and oxygen atoms in total. The molecule has 1 heterocycles.